The van der Waals surface area contributed by atoms with Gasteiger partial charge in [-0.2, -0.15) is 0 Å². The molecule has 0 aromatic heterocycles. The standard InChI is InChI=1S/C20H24FN3OS/c21-18-8-6-16(7-9-18)12-22-20(26)23-13-19-15-24(10-11-25-19)14-17-4-2-1-3-5-17/h1-9,19H,10-15H2,(H2,22,23,26)/t19-/m1/s1. The SMILES string of the molecule is Fc1ccc(CNC(=S)NC[C@@H]2CN(Cc3ccccc3)CCO2)cc1. The van der Waals surface area contributed by atoms with Crippen molar-refractivity contribution in [1.82, 2.24) is 15.5 Å². The Kier molecular flexibility index (Phi) is 6.94. The Balaban J connectivity index is 1.38. The fraction of sp³-hybridized carbons (Fsp3) is 0.350. The third-order valence-electron chi connectivity index (χ3n) is 4.33. The van der Waals surface area contributed by atoms with Crippen LogP contribution in [0.5, 0.6) is 0 Å². The molecular weight excluding hydrogens is 349 g/mol. The summed E-state index contributed by atoms with van der Waals surface area (Å²) in [6.07, 6.45) is 0.109. The molecule has 1 saturated heterocycles. The molecular formula is C20H24FN3OS. The number of ether oxygens (including phenoxy) is 1. The highest BCUT2D eigenvalue weighted by atomic mass is 32.1. The molecule has 0 unspecified atom stereocenters. The molecule has 138 valence electrons. The lowest BCUT2D eigenvalue weighted by Gasteiger charge is -2.33. The van der Waals surface area contributed by atoms with E-state index in [4.69, 9.17) is 17.0 Å². The second kappa shape index (κ2) is 9.62. The van der Waals surface area contributed by atoms with Crippen LogP contribution in [0.25, 0.3) is 0 Å². The van der Waals surface area contributed by atoms with Gasteiger partial charge in [-0.15, -0.1) is 0 Å². The maximum Gasteiger partial charge on any atom is 0.166 e. The van der Waals surface area contributed by atoms with E-state index in [9.17, 15) is 4.39 Å². The number of halogens is 1. The van der Waals surface area contributed by atoms with Crippen molar-refractivity contribution < 1.29 is 9.13 Å². The molecule has 2 aromatic carbocycles. The Bertz CT molecular complexity index is 696. The monoisotopic (exact) mass is 373 g/mol. The number of hydrogen-bond acceptors (Lipinski definition) is 3. The van der Waals surface area contributed by atoms with Crippen LogP contribution in [0.15, 0.2) is 54.6 Å². The van der Waals surface area contributed by atoms with Crippen molar-refractivity contribution in [3.05, 3.63) is 71.5 Å². The van der Waals surface area contributed by atoms with Crippen molar-refractivity contribution in [3.8, 4) is 0 Å². The van der Waals surface area contributed by atoms with E-state index in [0.29, 0.717) is 18.2 Å². The van der Waals surface area contributed by atoms with E-state index in [-0.39, 0.29) is 11.9 Å². The van der Waals surface area contributed by atoms with E-state index in [2.05, 4.69) is 39.8 Å². The highest BCUT2D eigenvalue weighted by Gasteiger charge is 2.20. The van der Waals surface area contributed by atoms with Crippen LogP contribution in [-0.2, 0) is 17.8 Å². The van der Waals surface area contributed by atoms with Gasteiger partial charge in [-0.25, -0.2) is 4.39 Å². The zero-order chi connectivity index (χ0) is 18.2. The second-order valence-corrected chi connectivity index (χ2v) is 6.81. The summed E-state index contributed by atoms with van der Waals surface area (Å²) in [4.78, 5) is 2.40. The van der Waals surface area contributed by atoms with Crippen LogP contribution in [0, 0.1) is 5.82 Å². The molecule has 0 bridgehead atoms. The number of benzene rings is 2. The molecule has 3 rings (SSSR count). The van der Waals surface area contributed by atoms with Crippen molar-refractivity contribution in [2.24, 2.45) is 0 Å². The second-order valence-electron chi connectivity index (χ2n) is 6.40. The molecule has 0 radical (unpaired) electrons. The molecule has 2 N–H and O–H groups in total. The summed E-state index contributed by atoms with van der Waals surface area (Å²) in [7, 11) is 0. The number of thiocarbonyl (C=S) groups is 1. The molecule has 0 aliphatic carbocycles. The van der Waals surface area contributed by atoms with Crippen LogP contribution in [0.1, 0.15) is 11.1 Å². The quantitative estimate of drug-likeness (QED) is 0.762. The van der Waals surface area contributed by atoms with E-state index >= 15 is 0 Å². The summed E-state index contributed by atoms with van der Waals surface area (Å²) in [5.74, 6) is -0.232. The van der Waals surface area contributed by atoms with Crippen molar-refractivity contribution in [2.75, 3.05) is 26.2 Å². The molecule has 26 heavy (non-hydrogen) atoms. The van der Waals surface area contributed by atoms with Gasteiger partial charge >= 0.3 is 0 Å². The summed E-state index contributed by atoms with van der Waals surface area (Å²) in [5.41, 5.74) is 2.30. The van der Waals surface area contributed by atoms with Crippen LogP contribution >= 0.6 is 12.2 Å². The van der Waals surface area contributed by atoms with Gasteiger partial charge in [-0.3, -0.25) is 4.90 Å². The van der Waals surface area contributed by atoms with E-state index in [1.54, 1.807) is 12.1 Å². The molecule has 1 heterocycles. The first kappa shape index (κ1) is 18.8. The Labute approximate surface area is 159 Å². The summed E-state index contributed by atoms with van der Waals surface area (Å²) >= 11 is 5.32. The predicted molar refractivity (Wildman–Crippen MR) is 105 cm³/mol. The van der Waals surface area contributed by atoms with Crippen molar-refractivity contribution in [2.45, 2.75) is 19.2 Å². The molecule has 1 fully saturated rings. The Morgan fingerprint density at radius 1 is 1.08 bits per heavy atom. The molecule has 1 aliphatic heterocycles. The number of nitrogens with one attached hydrogen (secondary N) is 2. The highest BCUT2D eigenvalue weighted by molar-refractivity contribution is 7.80. The Morgan fingerprint density at radius 3 is 2.62 bits per heavy atom. The van der Waals surface area contributed by atoms with Gasteiger partial charge in [0.1, 0.15) is 5.82 Å². The largest absolute Gasteiger partial charge is 0.374 e. The molecule has 0 amide bonds. The van der Waals surface area contributed by atoms with Gasteiger partial charge in [-0.05, 0) is 35.5 Å². The average Bonchev–Trinajstić information content (AvgIpc) is 2.67. The fourth-order valence-corrected chi connectivity index (χ4v) is 3.10. The van der Waals surface area contributed by atoms with Crippen molar-refractivity contribution >= 4 is 17.3 Å². The van der Waals surface area contributed by atoms with Crippen LogP contribution in [0.2, 0.25) is 0 Å². The number of nitrogens with zero attached hydrogens (tertiary/aromatic N) is 1. The van der Waals surface area contributed by atoms with E-state index in [1.807, 2.05) is 6.07 Å². The lowest BCUT2D eigenvalue weighted by Crippen LogP contribution is -2.48. The Morgan fingerprint density at radius 2 is 1.85 bits per heavy atom. The first-order chi connectivity index (χ1) is 12.7. The molecule has 4 nitrogen and oxygen atoms in total. The Hall–Kier alpha value is -2.02. The molecule has 1 aliphatic rings. The van der Waals surface area contributed by atoms with Gasteiger partial charge in [-0.1, -0.05) is 42.5 Å². The highest BCUT2D eigenvalue weighted by Crippen LogP contribution is 2.10. The predicted octanol–water partition coefficient (Wildman–Crippen LogP) is 2.69. The summed E-state index contributed by atoms with van der Waals surface area (Å²) in [6, 6.07) is 16.9. The smallest absolute Gasteiger partial charge is 0.166 e. The van der Waals surface area contributed by atoms with Crippen LogP contribution in [-0.4, -0.2) is 42.4 Å². The van der Waals surface area contributed by atoms with Gasteiger partial charge in [0.05, 0.1) is 12.7 Å². The number of morpholine rings is 1. The number of rotatable bonds is 6. The summed E-state index contributed by atoms with van der Waals surface area (Å²) in [5, 5.41) is 6.93. The number of hydrogen-bond donors (Lipinski definition) is 2. The zero-order valence-electron chi connectivity index (χ0n) is 14.7. The van der Waals surface area contributed by atoms with Crippen LogP contribution < -0.4 is 10.6 Å². The third-order valence-corrected chi connectivity index (χ3v) is 4.62. The third kappa shape index (κ3) is 6.05. The van der Waals surface area contributed by atoms with Gasteiger partial charge in [0.2, 0.25) is 0 Å². The summed E-state index contributed by atoms with van der Waals surface area (Å²) < 4.78 is 18.7. The van der Waals surface area contributed by atoms with Gasteiger partial charge in [0.15, 0.2) is 5.11 Å². The molecule has 6 heteroatoms. The van der Waals surface area contributed by atoms with Gasteiger partial charge in [0.25, 0.3) is 0 Å². The maximum atomic E-state index is 12.9. The van der Waals surface area contributed by atoms with Gasteiger partial charge in [0, 0.05) is 32.7 Å². The molecule has 0 spiro atoms. The van der Waals surface area contributed by atoms with Crippen molar-refractivity contribution in [3.63, 3.8) is 0 Å². The topological polar surface area (TPSA) is 36.5 Å². The first-order valence-corrected chi connectivity index (χ1v) is 9.24. The molecule has 1 atom stereocenters. The fourth-order valence-electron chi connectivity index (χ4n) is 2.94. The van der Waals surface area contributed by atoms with E-state index in [0.717, 1.165) is 31.8 Å². The van der Waals surface area contributed by atoms with Crippen molar-refractivity contribution in [1.29, 1.82) is 0 Å². The van der Waals surface area contributed by atoms with Gasteiger partial charge < -0.3 is 15.4 Å². The lowest BCUT2D eigenvalue weighted by molar-refractivity contribution is -0.0280. The maximum absolute atomic E-state index is 12.9. The minimum absolute atomic E-state index is 0.109. The van der Waals surface area contributed by atoms with E-state index < -0.39 is 0 Å². The zero-order valence-corrected chi connectivity index (χ0v) is 15.5. The van der Waals surface area contributed by atoms with Crippen LogP contribution in [0.4, 0.5) is 4.39 Å². The summed E-state index contributed by atoms with van der Waals surface area (Å²) in [6.45, 7) is 4.72. The average molecular weight is 373 g/mol. The molecule has 2 aromatic rings. The molecule has 0 saturated carbocycles. The van der Waals surface area contributed by atoms with Crippen LogP contribution in [0.3, 0.4) is 0 Å². The first-order valence-electron chi connectivity index (χ1n) is 8.83. The van der Waals surface area contributed by atoms with E-state index in [1.165, 1.54) is 17.7 Å². The normalized spacial score (nSPS) is 17.7. The minimum atomic E-state index is -0.232. The lowest BCUT2D eigenvalue weighted by atomic mass is 10.2. The minimum Gasteiger partial charge on any atom is -0.374 e.